The molecule has 0 amide bonds. The second-order valence-corrected chi connectivity index (χ2v) is 6.01. The highest BCUT2D eigenvalue weighted by molar-refractivity contribution is 5.51. The van der Waals surface area contributed by atoms with Gasteiger partial charge in [0.1, 0.15) is 18.7 Å². The normalized spacial score (nSPS) is 15.1. The fourth-order valence-corrected chi connectivity index (χ4v) is 2.89. The monoisotopic (exact) mass is 350 g/mol. The number of hydrogen-bond acceptors (Lipinski definition) is 6. The van der Waals surface area contributed by atoms with Gasteiger partial charge in [0, 0.05) is 43.5 Å². The second-order valence-electron chi connectivity index (χ2n) is 6.01. The van der Waals surface area contributed by atoms with E-state index in [1.54, 1.807) is 6.33 Å². The number of piperazine rings is 1. The van der Waals surface area contributed by atoms with Crippen LogP contribution in [0.1, 0.15) is 11.3 Å². The molecule has 2 aromatic heterocycles. The number of nitrogens with zero attached hydrogens (tertiary/aromatic N) is 6. The van der Waals surface area contributed by atoms with Crippen molar-refractivity contribution in [3.8, 4) is 0 Å². The molecular weight excluding hydrogens is 330 g/mol. The lowest BCUT2D eigenvalue weighted by atomic mass is 10.2. The zero-order chi connectivity index (χ0) is 18.0. The summed E-state index contributed by atoms with van der Waals surface area (Å²) < 4.78 is 25.6. The fourth-order valence-electron chi connectivity index (χ4n) is 2.89. The first-order valence-corrected chi connectivity index (χ1v) is 8.09. The van der Waals surface area contributed by atoms with Gasteiger partial charge in [0.15, 0.2) is 0 Å². The number of rotatable bonds is 4. The van der Waals surface area contributed by atoms with Crippen molar-refractivity contribution in [2.24, 2.45) is 0 Å². The third-order valence-electron chi connectivity index (χ3n) is 4.42. The van der Waals surface area contributed by atoms with E-state index in [1.165, 1.54) is 12.3 Å². The van der Waals surface area contributed by atoms with E-state index in [0.717, 1.165) is 34.8 Å². The van der Waals surface area contributed by atoms with Crippen molar-refractivity contribution < 1.29 is 8.78 Å². The number of hydrogen-bond donors (Lipinski definition) is 0. The second kappa shape index (κ2) is 7.12. The molecule has 1 saturated heterocycles. The van der Waals surface area contributed by atoms with Gasteiger partial charge in [0.2, 0.25) is 0 Å². The Labute approximate surface area is 143 Å². The van der Waals surface area contributed by atoms with Gasteiger partial charge < -0.3 is 9.80 Å². The van der Waals surface area contributed by atoms with Gasteiger partial charge in [-0.05, 0) is 13.8 Å². The quantitative estimate of drug-likeness (QED) is 0.827. The third-order valence-corrected chi connectivity index (χ3v) is 4.42. The zero-order valence-corrected chi connectivity index (χ0v) is 14.2. The summed E-state index contributed by atoms with van der Waals surface area (Å²) in [6.07, 6.45) is 0.440. The van der Waals surface area contributed by atoms with Crippen molar-refractivity contribution in [1.29, 1.82) is 0 Å². The summed E-state index contributed by atoms with van der Waals surface area (Å²) in [6, 6.07) is 1.37. The maximum atomic E-state index is 12.4. The lowest BCUT2D eigenvalue weighted by molar-refractivity contribution is 0.119. The van der Waals surface area contributed by atoms with Crippen LogP contribution in [0.15, 0.2) is 23.4 Å². The molecule has 3 heterocycles. The Morgan fingerprint density at radius 1 is 1.12 bits per heavy atom. The SMILES string of the molecule is Cc1ncnc(N2CCN(c3cnn(CC(F)F)c(=O)c3)CC2)c1C. The molecule has 9 heteroatoms. The average Bonchev–Trinajstić information content (AvgIpc) is 2.59. The molecule has 0 saturated carbocycles. The van der Waals surface area contributed by atoms with Crippen molar-refractivity contribution in [1.82, 2.24) is 19.7 Å². The summed E-state index contributed by atoms with van der Waals surface area (Å²) in [5.41, 5.74) is 2.17. The van der Waals surface area contributed by atoms with Gasteiger partial charge in [-0.1, -0.05) is 0 Å². The Kier molecular flexibility index (Phi) is 4.91. The van der Waals surface area contributed by atoms with E-state index >= 15 is 0 Å². The number of halogens is 2. The van der Waals surface area contributed by atoms with E-state index in [2.05, 4.69) is 20.0 Å². The molecule has 0 radical (unpaired) electrons. The van der Waals surface area contributed by atoms with Crippen LogP contribution in [0.2, 0.25) is 0 Å². The predicted octanol–water partition coefficient (Wildman–Crippen LogP) is 1.24. The van der Waals surface area contributed by atoms with Crippen LogP contribution in [0, 0.1) is 13.8 Å². The molecule has 0 aromatic carbocycles. The highest BCUT2D eigenvalue weighted by Gasteiger charge is 2.21. The molecule has 1 aliphatic rings. The van der Waals surface area contributed by atoms with E-state index in [0.29, 0.717) is 18.8 Å². The van der Waals surface area contributed by atoms with Crippen LogP contribution in [0.25, 0.3) is 0 Å². The van der Waals surface area contributed by atoms with E-state index in [1.807, 2.05) is 18.7 Å². The molecule has 1 aliphatic heterocycles. The number of alkyl halides is 2. The van der Waals surface area contributed by atoms with E-state index in [4.69, 9.17) is 0 Å². The molecule has 0 spiro atoms. The van der Waals surface area contributed by atoms with Gasteiger partial charge in [-0.15, -0.1) is 0 Å². The molecule has 3 rings (SSSR count). The smallest absolute Gasteiger partial charge is 0.269 e. The summed E-state index contributed by atoms with van der Waals surface area (Å²) in [5, 5.41) is 3.84. The zero-order valence-electron chi connectivity index (χ0n) is 14.2. The Morgan fingerprint density at radius 3 is 2.44 bits per heavy atom. The van der Waals surface area contributed by atoms with Crippen LogP contribution >= 0.6 is 0 Å². The van der Waals surface area contributed by atoms with Crippen molar-refractivity contribution in [2.45, 2.75) is 26.8 Å². The van der Waals surface area contributed by atoms with E-state index in [-0.39, 0.29) is 0 Å². The number of aromatic nitrogens is 4. The first kappa shape index (κ1) is 17.2. The van der Waals surface area contributed by atoms with Crippen LogP contribution < -0.4 is 15.4 Å². The summed E-state index contributed by atoms with van der Waals surface area (Å²) in [4.78, 5) is 24.7. The molecule has 1 fully saturated rings. The van der Waals surface area contributed by atoms with Crippen molar-refractivity contribution >= 4 is 11.5 Å². The standard InChI is InChI=1S/C16H20F2N6O/c1-11-12(2)19-10-20-16(11)23-5-3-22(4-6-23)13-7-15(25)24(21-8-13)9-14(17)18/h7-8,10,14H,3-6,9H2,1-2H3. The molecule has 7 nitrogen and oxygen atoms in total. The predicted molar refractivity (Wildman–Crippen MR) is 90.4 cm³/mol. The van der Waals surface area contributed by atoms with Gasteiger partial charge in [-0.25, -0.2) is 23.4 Å². The molecule has 0 unspecified atom stereocenters. The molecule has 0 atom stereocenters. The highest BCUT2D eigenvalue weighted by atomic mass is 19.3. The van der Waals surface area contributed by atoms with Gasteiger partial charge in [-0.2, -0.15) is 5.10 Å². The lowest BCUT2D eigenvalue weighted by Crippen LogP contribution is -2.47. The Bertz CT molecular complexity index is 801. The first-order chi connectivity index (χ1) is 12.0. The summed E-state index contributed by atoms with van der Waals surface area (Å²) in [5.74, 6) is 0.928. The van der Waals surface area contributed by atoms with Crippen LogP contribution in [0.3, 0.4) is 0 Å². The highest BCUT2D eigenvalue weighted by Crippen LogP contribution is 2.21. The molecular formula is C16H20F2N6O. The Hall–Kier alpha value is -2.58. The molecule has 0 N–H and O–H groups in total. The van der Waals surface area contributed by atoms with Crippen LogP contribution in [0.4, 0.5) is 20.3 Å². The molecule has 2 aromatic rings. The van der Waals surface area contributed by atoms with Crippen molar-refractivity contribution in [2.75, 3.05) is 36.0 Å². The van der Waals surface area contributed by atoms with Crippen LogP contribution in [-0.2, 0) is 6.54 Å². The molecule has 25 heavy (non-hydrogen) atoms. The molecule has 0 bridgehead atoms. The van der Waals surface area contributed by atoms with Gasteiger partial charge in [0.25, 0.3) is 12.0 Å². The Balaban J connectivity index is 1.69. The molecule has 0 aliphatic carbocycles. The van der Waals surface area contributed by atoms with Crippen molar-refractivity contribution in [3.05, 3.63) is 40.2 Å². The molecule has 134 valence electrons. The number of aryl methyl sites for hydroxylation is 1. The summed E-state index contributed by atoms with van der Waals surface area (Å²) >= 11 is 0. The largest absolute Gasteiger partial charge is 0.367 e. The minimum Gasteiger partial charge on any atom is -0.367 e. The van der Waals surface area contributed by atoms with Crippen LogP contribution in [-0.4, -0.2) is 52.4 Å². The van der Waals surface area contributed by atoms with Crippen molar-refractivity contribution in [3.63, 3.8) is 0 Å². The van der Waals surface area contributed by atoms with Crippen LogP contribution in [0.5, 0.6) is 0 Å². The van der Waals surface area contributed by atoms with Gasteiger partial charge in [0.05, 0.1) is 11.9 Å². The maximum absolute atomic E-state index is 12.4. The lowest BCUT2D eigenvalue weighted by Gasteiger charge is -2.37. The minimum atomic E-state index is -2.60. The van der Waals surface area contributed by atoms with Gasteiger partial charge in [-0.3, -0.25) is 4.79 Å². The maximum Gasteiger partial charge on any atom is 0.269 e. The Morgan fingerprint density at radius 2 is 1.80 bits per heavy atom. The summed E-state index contributed by atoms with van der Waals surface area (Å²) in [7, 11) is 0. The fraction of sp³-hybridized carbons (Fsp3) is 0.500. The first-order valence-electron chi connectivity index (χ1n) is 8.09. The topological polar surface area (TPSA) is 67.2 Å². The minimum absolute atomic E-state index is 0.512. The van der Waals surface area contributed by atoms with Gasteiger partial charge >= 0.3 is 0 Å². The number of anilines is 2. The summed E-state index contributed by atoms with van der Waals surface area (Å²) in [6.45, 7) is 6.17. The third kappa shape index (κ3) is 3.75. The van der Waals surface area contributed by atoms with E-state index in [9.17, 15) is 13.6 Å². The van der Waals surface area contributed by atoms with E-state index < -0.39 is 18.5 Å². The average molecular weight is 350 g/mol.